The van der Waals surface area contributed by atoms with Crippen LogP contribution in [-0.2, 0) is 13.1 Å². The van der Waals surface area contributed by atoms with Gasteiger partial charge in [0.05, 0.1) is 12.0 Å². The number of hydrogen-bond donors (Lipinski definition) is 1. The molecule has 0 atom stereocenters. The van der Waals surface area contributed by atoms with Crippen molar-refractivity contribution in [3.63, 3.8) is 0 Å². The number of imidazole rings is 1. The van der Waals surface area contributed by atoms with Crippen molar-refractivity contribution in [2.75, 3.05) is 6.54 Å². The molecule has 0 bridgehead atoms. The van der Waals surface area contributed by atoms with E-state index in [1.807, 2.05) is 12.5 Å². The standard InChI is InChI=1S/C14H25N3/c1-2-9-17-12-16-11-14(17)10-15-8-7-13-5-3-4-6-13/h11-13,15H,2-10H2,1H3. The van der Waals surface area contributed by atoms with Crippen LogP contribution in [0.25, 0.3) is 0 Å². The van der Waals surface area contributed by atoms with Gasteiger partial charge in [-0.05, 0) is 25.3 Å². The van der Waals surface area contributed by atoms with Crippen LogP contribution in [0.3, 0.4) is 0 Å². The zero-order chi connectivity index (χ0) is 11.9. The van der Waals surface area contributed by atoms with Gasteiger partial charge < -0.3 is 9.88 Å². The Morgan fingerprint density at radius 2 is 2.24 bits per heavy atom. The maximum absolute atomic E-state index is 4.22. The SMILES string of the molecule is CCCn1cncc1CNCCC1CCCC1. The van der Waals surface area contributed by atoms with Crippen molar-refractivity contribution in [3.05, 3.63) is 18.2 Å². The molecule has 1 aromatic rings. The summed E-state index contributed by atoms with van der Waals surface area (Å²) in [7, 11) is 0. The van der Waals surface area contributed by atoms with Gasteiger partial charge in [-0.25, -0.2) is 4.98 Å². The maximum atomic E-state index is 4.22. The quantitative estimate of drug-likeness (QED) is 0.736. The average molecular weight is 235 g/mol. The van der Waals surface area contributed by atoms with E-state index in [4.69, 9.17) is 0 Å². The molecule has 0 aromatic carbocycles. The second kappa shape index (κ2) is 6.80. The number of nitrogens with one attached hydrogen (secondary N) is 1. The van der Waals surface area contributed by atoms with Gasteiger partial charge >= 0.3 is 0 Å². The van der Waals surface area contributed by atoms with E-state index in [1.54, 1.807) is 0 Å². The van der Waals surface area contributed by atoms with Gasteiger partial charge in [0.25, 0.3) is 0 Å². The number of rotatable bonds is 7. The van der Waals surface area contributed by atoms with E-state index < -0.39 is 0 Å². The van der Waals surface area contributed by atoms with E-state index in [2.05, 4.69) is 21.8 Å². The molecule has 0 unspecified atom stereocenters. The van der Waals surface area contributed by atoms with Gasteiger partial charge in [-0.3, -0.25) is 0 Å². The fourth-order valence-corrected chi connectivity index (χ4v) is 2.76. The molecule has 3 heteroatoms. The number of aryl methyl sites for hydroxylation is 1. The summed E-state index contributed by atoms with van der Waals surface area (Å²) in [6, 6.07) is 0. The van der Waals surface area contributed by atoms with Crippen molar-refractivity contribution < 1.29 is 0 Å². The molecule has 2 rings (SSSR count). The van der Waals surface area contributed by atoms with Gasteiger partial charge in [0.15, 0.2) is 0 Å². The van der Waals surface area contributed by atoms with Gasteiger partial charge in [0.2, 0.25) is 0 Å². The van der Waals surface area contributed by atoms with Crippen molar-refractivity contribution in [3.8, 4) is 0 Å². The van der Waals surface area contributed by atoms with Crippen LogP contribution in [0.15, 0.2) is 12.5 Å². The molecule has 1 N–H and O–H groups in total. The molecule has 0 aliphatic heterocycles. The predicted octanol–water partition coefficient (Wildman–Crippen LogP) is 2.96. The minimum Gasteiger partial charge on any atom is -0.333 e. The Morgan fingerprint density at radius 3 is 3.00 bits per heavy atom. The molecule has 1 fully saturated rings. The van der Waals surface area contributed by atoms with E-state index in [-0.39, 0.29) is 0 Å². The van der Waals surface area contributed by atoms with Crippen LogP contribution in [0.1, 0.15) is 51.1 Å². The largest absolute Gasteiger partial charge is 0.333 e. The molecule has 1 aliphatic rings. The molecule has 96 valence electrons. The summed E-state index contributed by atoms with van der Waals surface area (Å²) < 4.78 is 2.25. The minimum absolute atomic E-state index is 0.965. The maximum Gasteiger partial charge on any atom is 0.0948 e. The van der Waals surface area contributed by atoms with Crippen LogP contribution in [-0.4, -0.2) is 16.1 Å². The van der Waals surface area contributed by atoms with Gasteiger partial charge in [-0.2, -0.15) is 0 Å². The Hall–Kier alpha value is -0.830. The van der Waals surface area contributed by atoms with E-state index >= 15 is 0 Å². The molecule has 0 saturated heterocycles. The molecule has 0 radical (unpaired) electrons. The summed E-state index contributed by atoms with van der Waals surface area (Å²) in [6.45, 7) is 5.41. The van der Waals surface area contributed by atoms with Crippen molar-refractivity contribution in [2.45, 2.75) is 58.5 Å². The van der Waals surface area contributed by atoms with E-state index in [9.17, 15) is 0 Å². The molecule has 1 aromatic heterocycles. The van der Waals surface area contributed by atoms with Crippen molar-refractivity contribution >= 4 is 0 Å². The third-order valence-corrected chi connectivity index (χ3v) is 3.77. The summed E-state index contributed by atoms with van der Waals surface area (Å²) in [5, 5.41) is 3.55. The van der Waals surface area contributed by atoms with Crippen LogP contribution in [0.5, 0.6) is 0 Å². The lowest BCUT2D eigenvalue weighted by molar-refractivity contribution is 0.472. The zero-order valence-corrected chi connectivity index (χ0v) is 11.0. The number of aromatic nitrogens is 2. The monoisotopic (exact) mass is 235 g/mol. The van der Waals surface area contributed by atoms with Crippen LogP contribution in [0, 0.1) is 5.92 Å². The van der Waals surface area contributed by atoms with Crippen LogP contribution >= 0.6 is 0 Å². The van der Waals surface area contributed by atoms with E-state index in [1.165, 1.54) is 44.2 Å². The highest BCUT2D eigenvalue weighted by Crippen LogP contribution is 2.26. The van der Waals surface area contributed by atoms with E-state index in [0.717, 1.165) is 25.6 Å². The lowest BCUT2D eigenvalue weighted by Crippen LogP contribution is -2.19. The Morgan fingerprint density at radius 1 is 1.41 bits per heavy atom. The van der Waals surface area contributed by atoms with Gasteiger partial charge in [-0.1, -0.05) is 32.6 Å². The summed E-state index contributed by atoms with van der Waals surface area (Å²) in [4.78, 5) is 4.22. The number of nitrogens with zero attached hydrogens (tertiary/aromatic N) is 2. The Kier molecular flexibility index (Phi) is 5.05. The summed E-state index contributed by atoms with van der Waals surface area (Å²) in [5.74, 6) is 0.989. The third-order valence-electron chi connectivity index (χ3n) is 3.77. The smallest absolute Gasteiger partial charge is 0.0948 e. The Balaban J connectivity index is 1.65. The van der Waals surface area contributed by atoms with Gasteiger partial charge in [0, 0.05) is 19.3 Å². The molecule has 3 nitrogen and oxygen atoms in total. The highest BCUT2D eigenvalue weighted by Gasteiger charge is 2.13. The molecule has 1 heterocycles. The summed E-state index contributed by atoms with van der Waals surface area (Å²) in [5.41, 5.74) is 1.32. The third kappa shape index (κ3) is 3.84. The Labute approximate surface area is 105 Å². The zero-order valence-electron chi connectivity index (χ0n) is 11.0. The van der Waals surface area contributed by atoms with Gasteiger partial charge in [-0.15, -0.1) is 0 Å². The topological polar surface area (TPSA) is 29.9 Å². The first-order valence-electron chi connectivity index (χ1n) is 7.10. The molecular formula is C14H25N3. The van der Waals surface area contributed by atoms with Gasteiger partial charge in [0.1, 0.15) is 0 Å². The predicted molar refractivity (Wildman–Crippen MR) is 70.8 cm³/mol. The first-order valence-corrected chi connectivity index (χ1v) is 7.10. The first-order chi connectivity index (χ1) is 8.40. The highest BCUT2D eigenvalue weighted by molar-refractivity contribution is 4.97. The lowest BCUT2D eigenvalue weighted by atomic mass is 10.0. The molecule has 0 spiro atoms. The molecule has 0 amide bonds. The molecule has 1 aliphatic carbocycles. The van der Waals surface area contributed by atoms with Crippen molar-refractivity contribution in [1.82, 2.24) is 14.9 Å². The van der Waals surface area contributed by atoms with Crippen molar-refractivity contribution in [2.24, 2.45) is 5.92 Å². The number of hydrogen-bond acceptors (Lipinski definition) is 2. The lowest BCUT2D eigenvalue weighted by Gasteiger charge is -2.11. The minimum atomic E-state index is 0.965. The van der Waals surface area contributed by atoms with Crippen LogP contribution in [0.4, 0.5) is 0 Å². The van der Waals surface area contributed by atoms with E-state index in [0.29, 0.717) is 0 Å². The molecule has 17 heavy (non-hydrogen) atoms. The Bertz CT molecular complexity index is 313. The molecular weight excluding hydrogens is 210 g/mol. The second-order valence-corrected chi connectivity index (χ2v) is 5.19. The first kappa shape index (κ1) is 12.6. The van der Waals surface area contributed by atoms with Crippen LogP contribution in [0.2, 0.25) is 0 Å². The molecule has 1 saturated carbocycles. The second-order valence-electron chi connectivity index (χ2n) is 5.19. The fraction of sp³-hybridized carbons (Fsp3) is 0.786. The summed E-state index contributed by atoms with van der Waals surface area (Å²) >= 11 is 0. The fourth-order valence-electron chi connectivity index (χ4n) is 2.76. The summed E-state index contributed by atoms with van der Waals surface area (Å²) in [6.07, 6.45) is 12.3. The normalized spacial score (nSPS) is 16.8. The van der Waals surface area contributed by atoms with Crippen molar-refractivity contribution in [1.29, 1.82) is 0 Å². The highest BCUT2D eigenvalue weighted by atomic mass is 15.1. The average Bonchev–Trinajstić information content (AvgIpc) is 2.96. The van der Waals surface area contributed by atoms with Crippen LogP contribution < -0.4 is 5.32 Å².